The maximum atomic E-state index is 11.9. The smallest absolute Gasteiger partial charge is 0.211 e. The molecule has 0 aromatic carbocycles. The highest BCUT2D eigenvalue weighted by atomic mass is 79.9. The Morgan fingerprint density at radius 2 is 1.19 bits per heavy atom. The highest BCUT2D eigenvalue weighted by molar-refractivity contribution is 5.92. The van der Waals surface area contributed by atoms with E-state index in [1.807, 2.05) is 0 Å². The molecule has 0 fully saturated rings. The Hall–Kier alpha value is -0.150. The van der Waals surface area contributed by atoms with E-state index in [9.17, 15) is 4.79 Å². The number of carbonyl (C=O) groups excluding carboxylic acids is 1. The van der Waals surface area contributed by atoms with E-state index < -0.39 is 0 Å². The van der Waals surface area contributed by atoms with Crippen molar-refractivity contribution in [3.63, 3.8) is 0 Å². The first-order valence-corrected chi connectivity index (χ1v) is 11.5. The van der Waals surface area contributed by atoms with Crippen molar-refractivity contribution in [1.82, 2.24) is 0 Å². The van der Waals surface area contributed by atoms with Crippen molar-refractivity contribution in [2.45, 2.75) is 117 Å². The topological polar surface area (TPSA) is 17.1 Å². The fourth-order valence-corrected chi connectivity index (χ4v) is 3.77. The minimum absolute atomic E-state index is 0. The van der Waals surface area contributed by atoms with E-state index in [1.54, 1.807) is 0 Å². The van der Waals surface area contributed by atoms with Crippen LogP contribution < -0.4 is 17.0 Å². The molecule has 0 saturated heterocycles. The monoisotopic (exact) mass is 445 g/mol. The Balaban J connectivity index is 0. The average Bonchev–Trinajstić information content (AvgIpc) is 2.66. The first kappa shape index (κ1) is 29.1. The molecule has 0 aliphatic rings. The lowest BCUT2D eigenvalue weighted by Gasteiger charge is -2.38. The third-order valence-corrected chi connectivity index (χ3v) is 6.29. The molecule has 0 rings (SSSR count). The number of hydrogen-bond donors (Lipinski definition) is 0. The van der Waals surface area contributed by atoms with Gasteiger partial charge in [0.05, 0.1) is 20.1 Å². The minimum atomic E-state index is 0. The molecule has 0 amide bonds. The fraction of sp³-hybridized carbons (Fsp3) is 0.875. The fourth-order valence-electron chi connectivity index (χ4n) is 3.77. The Morgan fingerprint density at radius 3 is 1.52 bits per heavy atom. The number of nitrogens with zero attached hydrogens (tertiary/aromatic N) is 1. The Labute approximate surface area is 181 Å². The van der Waals surface area contributed by atoms with Crippen molar-refractivity contribution in [3.8, 4) is 0 Å². The lowest BCUT2D eigenvalue weighted by atomic mass is 10.0. The van der Waals surface area contributed by atoms with Gasteiger partial charge in [-0.25, -0.2) is 0 Å². The van der Waals surface area contributed by atoms with Gasteiger partial charge in [0, 0.05) is 0 Å². The molecule has 0 aliphatic heterocycles. The standard InChI is InChI=1S/C24H48NO.BrH/c1-6-9-10-11-12-13-14-15-16-17-18-19-20-21-22-25(5,8-3)23(4)24(26)7-2;/h7,23H,2,6,8-22H2,1,3-5H3;1H/q+1;/p-1. The number of halogens is 1. The van der Waals surface area contributed by atoms with Crippen molar-refractivity contribution in [3.05, 3.63) is 12.7 Å². The van der Waals surface area contributed by atoms with Gasteiger partial charge in [0.25, 0.3) is 0 Å². The molecule has 0 heterocycles. The van der Waals surface area contributed by atoms with Crippen LogP contribution in [0.2, 0.25) is 0 Å². The summed E-state index contributed by atoms with van der Waals surface area (Å²) in [4.78, 5) is 11.9. The summed E-state index contributed by atoms with van der Waals surface area (Å²) in [5.74, 6) is 0.180. The number of likely N-dealkylation sites (N-methyl/N-ethyl adjacent to an activating group) is 1. The summed E-state index contributed by atoms with van der Waals surface area (Å²) in [6, 6.07) is 0.0412. The molecule has 0 saturated carbocycles. The predicted molar refractivity (Wildman–Crippen MR) is 117 cm³/mol. The molecule has 0 spiro atoms. The van der Waals surface area contributed by atoms with E-state index in [-0.39, 0.29) is 28.8 Å². The van der Waals surface area contributed by atoms with E-state index in [0.717, 1.165) is 17.6 Å². The van der Waals surface area contributed by atoms with Gasteiger partial charge >= 0.3 is 0 Å². The molecule has 0 aliphatic carbocycles. The van der Waals surface area contributed by atoms with Gasteiger partial charge in [-0.1, -0.05) is 90.6 Å². The predicted octanol–water partition coefficient (Wildman–Crippen LogP) is 4.08. The number of rotatable bonds is 19. The van der Waals surface area contributed by atoms with Gasteiger partial charge in [-0.15, -0.1) is 0 Å². The summed E-state index contributed by atoms with van der Waals surface area (Å²) in [5, 5.41) is 0. The maximum Gasteiger partial charge on any atom is 0.211 e. The quantitative estimate of drug-likeness (QED) is 0.166. The zero-order chi connectivity index (χ0) is 19.7. The Morgan fingerprint density at radius 1 is 0.815 bits per heavy atom. The van der Waals surface area contributed by atoms with Gasteiger partial charge in [0.15, 0.2) is 0 Å². The van der Waals surface area contributed by atoms with Crippen LogP contribution in [0.3, 0.4) is 0 Å². The summed E-state index contributed by atoms with van der Waals surface area (Å²) < 4.78 is 0.850. The second kappa shape index (κ2) is 19.2. The van der Waals surface area contributed by atoms with Crippen molar-refractivity contribution < 1.29 is 26.3 Å². The highest BCUT2D eigenvalue weighted by Crippen LogP contribution is 2.16. The summed E-state index contributed by atoms with van der Waals surface area (Å²) in [7, 11) is 2.22. The number of unbranched alkanes of at least 4 members (excludes halogenated alkanes) is 13. The molecule has 162 valence electrons. The van der Waals surface area contributed by atoms with Gasteiger partial charge < -0.3 is 21.5 Å². The summed E-state index contributed by atoms with van der Waals surface area (Å²) in [5.41, 5.74) is 0. The number of carbonyl (C=O) groups is 1. The van der Waals surface area contributed by atoms with Crippen LogP contribution in [0, 0.1) is 0 Å². The van der Waals surface area contributed by atoms with Crippen molar-refractivity contribution in [2.75, 3.05) is 20.1 Å². The van der Waals surface area contributed by atoms with E-state index in [4.69, 9.17) is 0 Å². The van der Waals surface area contributed by atoms with Gasteiger partial charge in [-0.05, 0) is 32.8 Å². The summed E-state index contributed by atoms with van der Waals surface area (Å²) in [6.07, 6.45) is 21.0. The van der Waals surface area contributed by atoms with Gasteiger partial charge in [-0.2, -0.15) is 0 Å². The van der Waals surface area contributed by atoms with Crippen molar-refractivity contribution in [2.24, 2.45) is 0 Å². The summed E-state index contributed by atoms with van der Waals surface area (Å²) in [6.45, 7) is 12.3. The first-order chi connectivity index (χ1) is 12.5. The van der Waals surface area contributed by atoms with Crippen LogP contribution in [-0.2, 0) is 4.79 Å². The van der Waals surface area contributed by atoms with Gasteiger partial charge in [0.2, 0.25) is 5.78 Å². The van der Waals surface area contributed by atoms with Gasteiger partial charge in [0.1, 0.15) is 6.04 Å². The van der Waals surface area contributed by atoms with E-state index in [1.165, 1.54) is 96.0 Å². The summed E-state index contributed by atoms with van der Waals surface area (Å²) >= 11 is 0. The third kappa shape index (κ3) is 14.5. The largest absolute Gasteiger partial charge is 1.00 e. The molecule has 2 unspecified atom stereocenters. The Bertz CT molecular complexity index is 358. The molecular weight excluding hydrogens is 398 g/mol. The lowest BCUT2D eigenvalue weighted by Crippen LogP contribution is -3.00. The first-order valence-electron chi connectivity index (χ1n) is 11.5. The number of ketones is 1. The van der Waals surface area contributed by atoms with Crippen LogP contribution in [0.1, 0.15) is 111 Å². The van der Waals surface area contributed by atoms with Crippen LogP contribution in [0.4, 0.5) is 0 Å². The maximum absolute atomic E-state index is 11.9. The zero-order valence-electron chi connectivity index (χ0n) is 18.9. The molecule has 0 radical (unpaired) electrons. The van der Waals surface area contributed by atoms with Crippen molar-refractivity contribution >= 4 is 5.78 Å². The van der Waals surface area contributed by atoms with Crippen molar-refractivity contribution in [1.29, 1.82) is 0 Å². The van der Waals surface area contributed by atoms with Crippen LogP contribution in [0.25, 0.3) is 0 Å². The van der Waals surface area contributed by atoms with E-state index >= 15 is 0 Å². The molecule has 0 bridgehead atoms. The average molecular weight is 447 g/mol. The highest BCUT2D eigenvalue weighted by Gasteiger charge is 2.30. The van der Waals surface area contributed by atoms with Crippen LogP contribution >= 0.6 is 0 Å². The van der Waals surface area contributed by atoms with Gasteiger partial charge in [-0.3, -0.25) is 4.79 Å². The molecule has 2 nitrogen and oxygen atoms in total. The molecular formula is C24H48BrNO. The lowest BCUT2D eigenvalue weighted by molar-refractivity contribution is -0.921. The van der Waals surface area contributed by atoms with Crippen LogP contribution in [-0.4, -0.2) is 36.4 Å². The van der Waals surface area contributed by atoms with Crippen LogP contribution in [0.15, 0.2) is 12.7 Å². The normalized spacial score (nSPS) is 14.2. The minimum Gasteiger partial charge on any atom is -1.00 e. The molecule has 0 aromatic rings. The van der Waals surface area contributed by atoms with E-state index in [2.05, 4.69) is 34.4 Å². The van der Waals surface area contributed by atoms with Crippen LogP contribution in [0.5, 0.6) is 0 Å². The second-order valence-electron chi connectivity index (χ2n) is 8.40. The third-order valence-electron chi connectivity index (χ3n) is 6.29. The molecule has 27 heavy (non-hydrogen) atoms. The van der Waals surface area contributed by atoms with E-state index in [0.29, 0.717) is 0 Å². The second-order valence-corrected chi connectivity index (χ2v) is 8.40. The zero-order valence-corrected chi connectivity index (χ0v) is 20.5. The molecule has 0 aromatic heterocycles. The number of quaternary nitrogens is 1. The number of hydrogen-bond acceptors (Lipinski definition) is 1. The molecule has 2 atom stereocenters. The molecule has 0 N–H and O–H groups in total. The SMILES string of the molecule is C=CC(=O)C(C)[N+](C)(CC)CCCCCCCCCCCCCCCC.[Br-]. The molecule has 3 heteroatoms. The Kier molecular flexibility index (Phi) is 20.6.